The largest absolute Gasteiger partial charge is 0.480 e. The molecule has 0 amide bonds. The third kappa shape index (κ3) is 3.91. The maximum absolute atomic E-state index is 13.9. The van der Waals surface area contributed by atoms with Crippen LogP contribution in [0, 0.1) is 5.82 Å². The molecule has 33 heavy (non-hydrogen) atoms. The zero-order valence-electron chi connectivity index (χ0n) is 17.5. The molecule has 1 atom stereocenters. The lowest BCUT2D eigenvalue weighted by atomic mass is 10.0. The van der Waals surface area contributed by atoms with E-state index in [0.29, 0.717) is 42.6 Å². The van der Waals surface area contributed by atoms with Crippen LogP contribution in [0.2, 0.25) is 0 Å². The highest BCUT2D eigenvalue weighted by Gasteiger charge is 2.33. The quantitative estimate of drug-likeness (QED) is 0.447. The van der Waals surface area contributed by atoms with Gasteiger partial charge in [0.05, 0.1) is 10.2 Å². The van der Waals surface area contributed by atoms with E-state index >= 15 is 0 Å². The van der Waals surface area contributed by atoms with Gasteiger partial charge in [-0.05, 0) is 41.9 Å². The number of benzene rings is 2. The SMILES string of the molecule is O=C(O)Cn1cc([C@@H](C(=O)O)N2CCN(c3nsc4ccccc34)CC2)c2ccc(F)cc21. The van der Waals surface area contributed by atoms with E-state index in [1.54, 1.807) is 0 Å². The van der Waals surface area contributed by atoms with Crippen LogP contribution in [0.4, 0.5) is 10.2 Å². The van der Waals surface area contributed by atoms with Crippen LogP contribution in [0.25, 0.3) is 21.0 Å². The van der Waals surface area contributed by atoms with Crippen molar-refractivity contribution in [1.82, 2.24) is 13.8 Å². The summed E-state index contributed by atoms with van der Waals surface area (Å²) < 4.78 is 21.0. The molecule has 0 aliphatic carbocycles. The lowest BCUT2D eigenvalue weighted by Crippen LogP contribution is -2.49. The van der Waals surface area contributed by atoms with Crippen molar-refractivity contribution in [3.63, 3.8) is 0 Å². The summed E-state index contributed by atoms with van der Waals surface area (Å²) >= 11 is 1.45. The number of carboxylic acids is 2. The van der Waals surface area contributed by atoms with E-state index in [0.717, 1.165) is 15.9 Å². The van der Waals surface area contributed by atoms with Gasteiger partial charge in [-0.1, -0.05) is 12.1 Å². The summed E-state index contributed by atoms with van der Waals surface area (Å²) in [5.74, 6) is -1.70. The summed E-state index contributed by atoms with van der Waals surface area (Å²) in [5.41, 5.74) is 0.831. The number of halogens is 1. The number of nitrogens with zero attached hydrogens (tertiary/aromatic N) is 4. The van der Waals surface area contributed by atoms with Gasteiger partial charge in [-0.15, -0.1) is 0 Å². The molecule has 0 bridgehead atoms. The Morgan fingerprint density at radius 1 is 1.06 bits per heavy atom. The Kier molecular flexibility index (Phi) is 5.47. The summed E-state index contributed by atoms with van der Waals surface area (Å²) in [4.78, 5) is 27.7. The van der Waals surface area contributed by atoms with Crippen LogP contribution in [0.1, 0.15) is 11.6 Å². The Morgan fingerprint density at radius 3 is 2.55 bits per heavy atom. The van der Waals surface area contributed by atoms with Crippen molar-refractivity contribution in [2.75, 3.05) is 31.1 Å². The first-order valence-corrected chi connectivity index (χ1v) is 11.3. The average molecular weight is 469 g/mol. The second-order valence-electron chi connectivity index (χ2n) is 8.03. The van der Waals surface area contributed by atoms with Crippen molar-refractivity contribution < 1.29 is 24.2 Å². The highest BCUT2D eigenvalue weighted by atomic mass is 32.1. The second-order valence-corrected chi connectivity index (χ2v) is 8.84. The van der Waals surface area contributed by atoms with E-state index in [1.165, 1.54) is 40.5 Å². The third-order valence-corrected chi connectivity index (χ3v) is 6.86. The van der Waals surface area contributed by atoms with Crippen molar-refractivity contribution in [2.24, 2.45) is 0 Å². The maximum Gasteiger partial charge on any atom is 0.325 e. The number of carboxylic acid groups (broad SMARTS) is 2. The lowest BCUT2D eigenvalue weighted by Gasteiger charge is -2.38. The van der Waals surface area contributed by atoms with Gasteiger partial charge in [0, 0.05) is 48.7 Å². The Morgan fingerprint density at radius 2 is 1.82 bits per heavy atom. The number of piperazine rings is 1. The Labute approximate surface area is 192 Å². The Hall–Kier alpha value is -3.50. The number of aliphatic carboxylic acids is 2. The summed E-state index contributed by atoms with van der Waals surface area (Å²) in [7, 11) is 0. The van der Waals surface area contributed by atoms with E-state index in [9.17, 15) is 24.2 Å². The average Bonchev–Trinajstić information content (AvgIpc) is 3.36. The smallest absolute Gasteiger partial charge is 0.325 e. The summed E-state index contributed by atoms with van der Waals surface area (Å²) in [6.07, 6.45) is 1.53. The molecule has 0 unspecified atom stereocenters. The zero-order chi connectivity index (χ0) is 23.1. The van der Waals surface area contributed by atoms with Crippen molar-refractivity contribution in [3.8, 4) is 0 Å². The van der Waals surface area contributed by atoms with Crippen molar-refractivity contribution in [1.29, 1.82) is 0 Å². The molecule has 1 aliphatic rings. The van der Waals surface area contributed by atoms with Gasteiger partial charge in [0.2, 0.25) is 0 Å². The molecule has 1 fully saturated rings. The topological polar surface area (TPSA) is 98.9 Å². The van der Waals surface area contributed by atoms with Crippen LogP contribution < -0.4 is 4.90 Å². The molecular formula is C23H21FN4O4S. The predicted molar refractivity (Wildman–Crippen MR) is 123 cm³/mol. The lowest BCUT2D eigenvalue weighted by molar-refractivity contribution is -0.143. The van der Waals surface area contributed by atoms with Gasteiger partial charge in [-0.2, -0.15) is 4.37 Å². The number of hydrogen-bond acceptors (Lipinski definition) is 6. The molecule has 0 radical (unpaired) electrons. The first-order valence-electron chi connectivity index (χ1n) is 10.5. The van der Waals surface area contributed by atoms with Gasteiger partial charge in [0.15, 0.2) is 0 Å². The van der Waals surface area contributed by atoms with Crippen LogP contribution in [-0.4, -0.2) is 62.2 Å². The monoisotopic (exact) mass is 468 g/mol. The fourth-order valence-corrected chi connectivity index (χ4v) is 5.36. The minimum atomic E-state index is -1.08. The van der Waals surface area contributed by atoms with Crippen molar-refractivity contribution >= 4 is 50.3 Å². The van der Waals surface area contributed by atoms with E-state index < -0.39 is 23.8 Å². The maximum atomic E-state index is 13.9. The minimum absolute atomic E-state index is 0.367. The van der Waals surface area contributed by atoms with Crippen LogP contribution in [0.5, 0.6) is 0 Å². The normalized spacial score (nSPS) is 15.8. The van der Waals surface area contributed by atoms with E-state index in [4.69, 9.17) is 0 Å². The molecule has 2 N–H and O–H groups in total. The van der Waals surface area contributed by atoms with Crippen molar-refractivity contribution in [2.45, 2.75) is 12.6 Å². The van der Waals surface area contributed by atoms with Gasteiger partial charge in [-0.3, -0.25) is 14.5 Å². The highest BCUT2D eigenvalue weighted by molar-refractivity contribution is 7.13. The number of aromatic nitrogens is 2. The second kappa shape index (κ2) is 8.45. The molecule has 3 heterocycles. The molecule has 1 aliphatic heterocycles. The fraction of sp³-hybridized carbons (Fsp3) is 0.261. The van der Waals surface area contributed by atoms with Crippen LogP contribution >= 0.6 is 11.5 Å². The van der Waals surface area contributed by atoms with Gasteiger partial charge in [0.1, 0.15) is 24.2 Å². The molecular weight excluding hydrogens is 447 g/mol. The van der Waals surface area contributed by atoms with Gasteiger partial charge in [0.25, 0.3) is 0 Å². The number of fused-ring (bicyclic) bond motifs is 2. The Bertz CT molecular complexity index is 1360. The zero-order valence-corrected chi connectivity index (χ0v) is 18.3. The summed E-state index contributed by atoms with van der Waals surface area (Å²) in [6.45, 7) is 1.84. The van der Waals surface area contributed by atoms with Crippen LogP contribution in [0.3, 0.4) is 0 Å². The summed E-state index contributed by atoms with van der Waals surface area (Å²) in [6, 6.07) is 11.1. The van der Waals surface area contributed by atoms with Gasteiger partial charge >= 0.3 is 11.9 Å². The van der Waals surface area contributed by atoms with Gasteiger partial charge in [-0.25, -0.2) is 4.39 Å². The molecule has 1 saturated heterocycles. The first kappa shape index (κ1) is 21.4. The molecule has 0 spiro atoms. The standard InChI is InChI=1S/C23H21FN4O4S/c24-14-5-6-15-17(12-28(13-20(29)30)18(15)11-14)21(23(31)32)26-7-9-27(10-8-26)22-16-3-1-2-4-19(16)33-25-22/h1-6,11-12,21H,7-10,13H2,(H,29,30)(H,31,32)/t21-/m0/s1. The molecule has 8 nitrogen and oxygen atoms in total. The molecule has 5 rings (SSSR count). The molecule has 2 aromatic carbocycles. The first-order chi connectivity index (χ1) is 15.9. The Balaban J connectivity index is 1.44. The third-order valence-electron chi connectivity index (χ3n) is 6.05. The van der Waals surface area contributed by atoms with E-state index in [-0.39, 0.29) is 6.54 Å². The van der Waals surface area contributed by atoms with E-state index in [2.05, 4.69) is 9.27 Å². The molecule has 0 saturated carbocycles. The number of rotatable bonds is 6. The van der Waals surface area contributed by atoms with Crippen LogP contribution in [0.15, 0.2) is 48.7 Å². The summed E-state index contributed by atoms with van der Waals surface area (Å²) in [5, 5.41) is 21.0. The predicted octanol–water partition coefficient (Wildman–Crippen LogP) is 3.42. The minimum Gasteiger partial charge on any atom is -0.480 e. The number of anilines is 1. The molecule has 2 aromatic heterocycles. The van der Waals surface area contributed by atoms with Crippen LogP contribution in [-0.2, 0) is 16.1 Å². The highest BCUT2D eigenvalue weighted by Crippen LogP contribution is 2.34. The van der Waals surface area contributed by atoms with Gasteiger partial charge < -0.3 is 19.7 Å². The van der Waals surface area contributed by atoms with Crippen molar-refractivity contribution in [3.05, 3.63) is 60.0 Å². The number of carbonyl (C=O) groups is 2. The molecule has 4 aromatic rings. The van der Waals surface area contributed by atoms with E-state index in [1.807, 2.05) is 29.2 Å². The molecule has 10 heteroatoms. The number of hydrogen-bond donors (Lipinski definition) is 2. The molecule has 170 valence electrons. The fourth-order valence-electron chi connectivity index (χ4n) is 4.57.